The molecule has 0 aromatic rings. The Morgan fingerprint density at radius 3 is 2.00 bits per heavy atom. The minimum atomic E-state index is -1.29. The lowest BCUT2D eigenvalue weighted by Gasteiger charge is -2.24. The first-order valence-electron chi connectivity index (χ1n) is 3.91. The molecule has 5 heteroatoms. The molecule has 0 rings (SSSR count). The van der Waals surface area contributed by atoms with Crippen molar-refractivity contribution in [2.75, 3.05) is 6.61 Å². The third kappa shape index (κ3) is 3.46. The maximum absolute atomic E-state index is 9.20. The minimum absolute atomic E-state index is 0.0327. The van der Waals surface area contributed by atoms with Crippen LogP contribution in [0.1, 0.15) is 13.3 Å². The first-order valence-corrected chi connectivity index (χ1v) is 3.91. The molecule has 0 heterocycles. The van der Waals surface area contributed by atoms with Gasteiger partial charge in [0.05, 0.1) is 12.2 Å². The molecule has 0 saturated heterocycles. The lowest BCUT2D eigenvalue weighted by atomic mass is 10.0. The van der Waals surface area contributed by atoms with E-state index in [2.05, 4.69) is 0 Å². The van der Waals surface area contributed by atoms with Crippen LogP contribution in [0.5, 0.6) is 0 Å². The van der Waals surface area contributed by atoms with E-state index < -0.39 is 24.4 Å². The number of nitrogens with two attached hydrogens (primary N) is 1. The number of hydrogen-bond acceptors (Lipinski definition) is 5. The summed E-state index contributed by atoms with van der Waals surface area (Å²) in [6.45, 7) is 1.30. The predicted molar refractivity (Wildman–Crippen MR) is 43.4 cm³/mol. The fraction of sp³-hybridized carbons (Fsp3) is 1.00. The highest BCUT2D eigenvalue weighted by molar-refractivity contribution is 4.80. The van der Waals surface area contributed by atoms with Gasteiger partial charge in [0, 0.05) is 12.6 Å². The Hall–Kier alpha value is -0.200. The third-order valence-corrected chi connectivity index (χ3v) is 1.71. The van der Waals surface area contributed by atoms with E-state index in [9.17, 15) is 10.2 Å². The van der Waals surface area contributed by atoms with E-state index in [0.29, 0.717) is 0 Å². The van der Waals surface area contributed by atoms with Crippen LogP contribution < -0.4 is 5.73 Å². The Bertz CT molecular complexity index is 120. The van der Waals surface area contributed by atoms with Gasteiger partial charge in [-0.25, -0.2) is 0 Å². The molecule has 0 spiro atoms. The molecule has 5 nitrogen and oxygen atoms in total. The first kappa shape index (κ1) is 11.8. The van der Waals surface area contributed by atoms with Crippen molar-refractivity contribution < 1.29 is 20.4 Å². The number of aliphatic hydroxyl groups excluding tert-OH is 4. The van der Waals surface area contributed by atoms with E-state index in [1.54, 1.807) is 0 Å². The van der Waals surface area contributed by atoms with E-state index in [0.717, 1.165) is 0 Å². The molecule has 6 N–H and O–H groups in total. The average Bonchev–Trinajstić information content (AvgIpc) is 2.02. The second kappa shape index (κ2) is 5.45. The predicted octanol–water partition coefficient (Wildman–Crippen LogP) is -2.20. The van der Waals surface area contributed by atoms with Crippen molar-refractivity contribution in [3.8, 4) is 0 Å². The van der Waals surface area contributed by atoms with Gasteiger partial charge >= 0.3 is 0 Å². The van der Waals surface area contributed by atoms with Gasteiger partial charge in [0.15, 0.2) is 0 Å². The van der Waals surface area contributed by atoms with Crippen molar-refractivity contribution >= 4 is 0 Å². The fourth-order valence-corrected chi connectivity index (χ4v) is 0.842. The van der Waals surface area contributed by atoms with Gasteiger partial charge < -0.3 is 26.2 Å². The average molecular weight is 179 g/mol. The molecule has 2 unspecified atom stereocenters. The molecular weight excluding hydrogens is 162 g/mol. The van der Waals surface area contributed by atoms with Crippen LogP contribution in [-0.4, -0.2) is 51.4 Å². The van der Waals surface area contributed by atoms with E-state index in [1.165, 1.54) is 6.92 Å². The van der Waals surface area contributed by atoms with Crippen molar-refractivity contribution in [1.29, 1.82) is 0 Å². The van der Waals surface area contributed by atoms with E-state index in [-0.39, 0.29) is 13.0 Å². The number of hydrogen-bond donors (Lipinski definition) is 5. The molecule has 0 aromatic heterocycles. The summed E-state index contributed by atoms with van der Waals surface area (Å²) in [5.74, 6) is 0. The van der Waals surface area contributed by atoms with E-state index in [4.69, 9.17) is 15.9 Å². The van der Waals surface area contributed by atoms with Crippen LogP contribution in [0.4, 0.5) is 0 Å². The van der Waals surface area contributed by atoms with Gasteiger partial charge in [-0.2, -0.15) is 0 Å². The summed E-state index contributed by atoms with van der Waals surface area (Å²) in [5, 5.41) is 35.9. The minimum Gasteiger partial charge on any atom is -0.396 e. The zero-order chi connectivity index (χ0) is 9.72. The van der Waals surface area contributed by atoms with Crippen molar-refractivity contribution in [2.24, 2.45) is 5.73 Å². The maximum Gasteiger partial charge on any atom is 0.107 e. The van der Waals surface area contributed by atoms with Crippen LogP contribution in [0.15, 0.2) is 0 Å². The summed E-state index contributed by atoms with van der Waals surface area (Å²) in [6, 6.07) is -0.603. The largest absolute Gasteiger partial charge is 0.396 e. The van der Waals surface area contributed by atoms with Crippen molar-refractivity contribution in [2.45, 2.75) is 37.7 Å². The van der Waals surface area contributed by atoms with E-state index >= 15 is 0 Å². The SMILES string of the molecule is C[C@H](N)C(O)C(O)[C@@H](O)CCO. The van der Waals surface area contributed by atoms with Gasteiger partial charge in [-0.1, -0.05) is 0 Å². The van der Waals surface area contributed by atoms with Crippen molar-refractivity contribution in [3.05, 3.63) is 0 Å². The van der Waals surface area contributed by atoms with Crippen molar-refractivity contribution in [1.82, 2.24) is 0 Å². The Kier molecular flexibility index (Phi) is 5.36. The molecule has 74 valence electrons. The Morgan fingerprint density at radius 2 is 1.67 bits per heavy atom. The summed E-state index contributed by atoms with van der Waals surface area (Å²) in [6.07, 6.45) is -3.55. The normalized spacial score (nSPS) is 21.5. The quantitative estimate of drug-likeness (QED) is 0.329. The molecule has 0 bridgehead atoms. The molecule has 4 atom stereocenters. The smallest absolute Gasteiger partial charge is 0.107 e. The standard InChI is InChI=1S/C7H17NO4/c1-4(8)6(11)7(12)5(10)2-3-9/h4-7,9-12H,2-3,8H2,1H3/t4-,5-,6?,7?/m0/s1. The second-order valence-electron chi connectivity index (χ2n) is 2.92. The molecule has 0 radical (unpaired) electrons. The van der Waals surface area contributed by atoms with Gasteiger partial charge in [0.2, 0.25) is 0 Å². The molecule has 0 aliphatic heterocycles. The van der Waals surface area contributed by atoms with Gasteiger partial charge in [-0.3, -0.25) is 0 Å². The summed E-state index contributed by atoms with van der Waals surface area (Å²) in [5.41, 5.74) is 5.29. The second-order valence-corrected chi connectivity index (χ2v) is 2.92. The Labute approximate surface area is 71.4 Å². The number of rotatable bonds is 5. The molecule has 0 aliphatic carbocycles. The van der Waals surface area contributed by atoms with Gasteiger partial charge in [-0.05, 0) is 13.3 Å². The van der Waals surface area contributed by atoms with Gasteiger partial charge in [-0.15, -0.1) is 0 Å². The molecule has 0 amide bonds. The monoisotopic (exact) mass is 179 g/mol. The zero-order valence-electron chi connectivity index (χ0n) is 7.09. The first-order chi connectivity index (χ1) is 5.50. The van der Waals surface area contributed by atoms with Crippen LogP contribution in [0.25, 0.3) is 0 Å². The third-order valence-electron chi connectivity index (χ3n) is 1.71. The van der Waals surface area contributed by atoms with Gasteiger partial charge in [0.25, 0.3) is 0 Å². The highest BCUT2D eigenvalue weighted by Crippen LogP contribution is 2.05. The Morgan fingerprint density at radius 1 is 1.17 bits per heavy atom. The lowest BCUT2D eigenvalue weighted by molar-refractivity contribution is -0.0716. The molecular formula is C7H17NO4. The van der Waals surface area contributed by atoms with Crippen LogP contribution in [-0.2, 0) is 0 Å². The van der Waals surface area contributed by atoms with Crippen LogP contribution >= 0.6 is 0 Å². The molecule has 12 heavy (non-hydrogen) atoms. The van der Waals surface area contributed by atoms with Crippen LogP contribution in [0.3, 0.4) is 0 Å². The van der Waals surface area contributed by atoms with Crippen molar-refractivity contribution in [3.63, 3.8) is 0 Å². The molecule has 0 aromatic carbocycles. The maximum atomic E-state index is 9.20. The molecule has 0 fully saturated rings. The summed E-state index contributed by atoms with van der Waals surface area (Å²) < 4.78 is 0. The van der Waals surface area contributed by atoms with Crippen LogP contribution in [0, 0.1) is 0 Å². The lowest BCUT2D eigenvalue weighted by Crippen LogP contribution is -2.47. The van der Waals surface area contributed by atoms with E-state index in [1.807, 2.05) is 0 Å². The molecule has 0 aliphatic rings. The van der Waals surface area contributed by atoms with Crippen LogP contribution in [0.2, 0.25) is 0 Å². The molecule has 0 saturated carbocycles. The highest BCUT2D eigenvalue weighted by Gasteiger charge is 2.26. The highest BCUT2D eigenvalue weighted by atomic mass is 16.4. The summed E-state index contributed by atoms with van der Waals surface area (Å²) in [4.78, 5) is 0. The topological polar surface area (TPSA) is 107 Å². The number of aliphatic hydroxyl groups is 4. The zero-order valence-corrected chi connectivity index (χ0v) is 7.09. The van der Waals surface area contributed by atoms with Gasteiger partial charge in [0.1, 0.15) is 6.10 Å². The summed E-state index contributed by atoms with van der Waals surface area (Å²) in [7, 11) is 0. The fourth-order valence-electron chi connectivity index (χ4n) is 0.842. The summed E-state index contributed by atoms with van der Waals surface area (Å²) >= 11 is 0. The Balaban J connectivity index is 3.90.